The molecule has 1 amide bonds. The van der Waals surface area contributed by atoms with Crippen LogP contribution in [-0.4, -0.2) is 30.4 Å². The molecule has 3 nitrogen and oxygen atoms in total. The zero-order chi connectivity index (χ0) is 15.5. The lowest BCUT2D eigenvalue weighted by Crippen LogP contribution is -2.34. The van der Waals surface area contributed by atoms with Crippen LogP contribution < -0.4 is 5.32 Å². The molecule has 21 heavy (non-hydrogen) atoms. The van der Waals surface area contributed by atoms with Gasteiger partial charge in [0.2, 0.25) is 5.91 Å². The van der Waals surface area contributed by atoms with Crippen LogP contribution in [0.15, 0.2) is 24.3 Å². The summed E-state index contributed by atoms with van der Waals surface area (Å²) in [7, 11) is 0. The second kappa shape index (κ2) is 6.47. The van der Waals surface area contributed by atoms with E-state index < -0.39 is 11.7 Å². The summed E-state index contributed by atoms with van der Waals surface area (Å²) < 4.78 is 37.3. The maximum absolute atomic E-state index is 12.4. The Labute approximate surface area is 122 Å². The van der Waals surface area contributed by atoms with Gasteiger partial charge in [-0.3, -0.25) is 9.69 Å². The fraction of sp³-hybridized carbons (Fsp3) is 0.533. The molecule has 1 aliphatic rings. The third kappa shape index (κ3) is 5.04. The number of carbonyl (C=O) groups is 1. The molecule has 0 spiro atoms. The summed E-state index contributed by atoms with van der Waals surface area (Å²) >= 11 is 0. The third-order valence-electron chi connectivity index (χ3n) is 3.52. The molecule has 0 aromatic heterocycles. The van der Waals surface area contributed by atoms with Crippen LogP contribution >= 0.6 is 0 Å². The highest BCUT2D eigenvalue weighted by atomic mass is 19.4. The number of nitrogens with one attached hydrogen (secondary N) is 1. The summed E-state index contributed by atoms with van der Waals surface area (Å²) in [4.78, 5) is 13.9. The smallest absolute Gasteiger partial charge is 0.325 e. The van der Waals surface area contributed by atoms with E-state index >= 15 is 0 Å². The summed E-state index contributed by atoms with van der Waals surface area (Å²) in [6.07, 6.45) is -1.92. The van der Waals surface area contributed by atoms with Crippen LogP contribution in [0.4, 0.5) is 18.9 Å². The van der Waals surface area contributed by atoms with Crippen molar-refractivity contribution in [2.75, 3.05) is 25.0 Å². The Balaban J connectivity index is 1.86. The number of alkyl halides is 3. The van der Waals surface area contributed by atoms with Crippen molar-refractivity contribution in [2.45, 2.75) is 25.9 Å². The van der Waals surface area contributed by atoms with Crippen molar-refractivity contribution in [3.8, 4) is 0 Å². The van der Waals surface area contributed by atoms with E-state index in [1.807, 2.05) is 6.92 Å². The minimum Gasteiger partial charge on any atom is -0.325 e. The van der Waals surface area contributed by atoms with E-state index in [4.69, 9.17) is 0 Å². The first kappa shape index (κ1) is 15.8. The molecule has 1 saturated carbocycles. The van der Waals surface area contributed by atoms with Crippen molar-refractivity contribution in [2.24, 2.45) is 5.92 Å². The molecule has 116 valence electrons. The molecule has 2 rings (SSSR count). The van der Waals surface area contributed by atoms with Crippen molar-refractivity contribution < 1.29 is 18.0 Å². The molecule has 0 saturated heterocycles. The van der Waals surface area contributed by atoms with E-state index in [0.29, 0.717) is 11.6 Å². The minimum absolute atomic E-state index is 0.197. The van der Waals surface area contributed by atoms with Crippen molar-refractivity contribution in [1.29, 1.82) is 0 Å². The van der Waals surface area contributed by atoms with Crippen molar-refractivity contribution >= 4 is 11.6 Å². The number of rotatable bonds is 6. The largest absolute Gasteiger partial charge is 0.416 e. The average Bonchev–Trinajstić information content (AvgIpc) is 3.21. The molecule has 1 fully saturated rings. The molecule has 1 aromatic rings. The number of hydrogen-bond donors (Lipinski definition) is 1. The molecular weight excluding hydrogens is 281 g/mol. The number of anilines is 1. The van der Waals surface area contributed by atoms with E-state index in [1.54, 1.807) is 0 Å². The second-order valence-electron chi connectivity index (χ2n) is 5.39. The standard InChI is InChI=1S/C15H19F3N2O/c1-2-20(9-11-3-4-11)10-14(21)19-13-7-5-12(6-8-13)15(16,17)18/h5-8,11H,2-4,9-10H2,1H3,(H,19,21). The highest BCUT2D eigenvalue weighted by Crippen LogP contribution is 2.30. The predicted octanol–water partition coefficient (Wildman–Crippen LogP) is 3.38. The first-order valence-corrected chi connectivity index (χ1v) is 7.08. The molecule has 1 N–H and O–H groups in total. The monoisotopic (exact) mass is 300 g/mol. The molecule has 0 heterocycles. The Hall–Kier alpha value is -1.56. The number of likely N-dealkylation sites (N-methyl/N-ethyl adjacent to an activating group) is 1. The van der Waals surface area contributed by atoms with E-state index in [-0.39, 0.29) is 12.5 Å². The van der Waals surface area contributed by atoms with Gasteiger partial charge in [0.05, 0.1) is 12.1 Å². The van der Waals surface area contributed by atoms with Gasteiger partial charge in [-0.25, -0.2) is 0 Å². The Morgan fingerprint density at radius 2 is 1.90 bits per heavy atom. The van der Waals surface area contributed by atoms with E-state index in [1.165, 1.54) is 25.0 Å². The van der Waals surface area contributed by atoms with Gasteiger partial charge < -0.3 is 5.32 Å². The van der Waals surface area contributed by atoms with Crippen molar-refractivity contribution in [3.63, 3.8) is 0 Å². The summed E-state index contributed by atoms with van der Waals surface area (Å²) in [5.74, 6) is 0.501. The zero-order valence-electron chi connectivity index (χ0n) is 11.9. The molecular formula is C15H19F3N2O. The van der Waals surface area contributed by atoms with Gasteiger partial charge in [0, 0.05) is 12.2 Å². The predicted molar refractivity (Wildman–Crippen MR) is 74.9 cm³/mol. The quantitative estimate of drug-likeness (QED) is 0.873. The molecule has 0 bridgehead atoms. The summed E-state index contributed by atoms with van der Waals surface area (Å²) in [6, 6.07) is 4.49. The average molecular weight is 300 g/mol. The molecule has 0 unspecified atom stereocenters. The molecule has 0 aliphatic heterocycles. The van der Waals surface area contributed by atoms with Crippen LogP contribution in [-0.2, 0) is 11.0 Å². The van der Waals surface area contributed by atoms with Gasteiger partial charge in [0.15, 0.2) is 0 Å². The Bertz CT molecular complexity index is 481. The lowest BCUT2D eigenvalue weighted by molar-refractivity contribution is -0.137. The van der Waals surface area contributed by atoms with E-state index in [9.17, 15) is 18.0 Å². The molecule has 1 aliphatic carbocycles. The highest BCUT2D eigenvalue weighted by molar-refractivity contribution is 5.92. The topological polar surface area (TPSA) is 32.3 Å². The summed E-state index contributed by atoms with van der Waals surface area (Å²) in [5.41, 5.74) is -0.333. The maximum Gasteiger partial charge on any atom is 0.416 e. The van der Waals surface area contributed by atoms with E-state index in [2.05, 4.69) is 10.2 Å². The second-order valence-corrected chi connectivity index (χ2v) is 5.39. The number of halogens is 3. The lowest BCUT2D eigenvalue weighted by atomic mass is 10.2. The van der Waals surface area contributed by atoms with Gasteiger partial charge in [-0.05, 0) is 49.6 Å². The fourth-order valence-corrected chi connectivity index (χ4v) is 2.12. The Morgan fingerprint density at radius 1 is 1.29 bits per heavy atom. The highest BCUT2D eigenvalue weighted by Gasteiger charge is 2.30. The van der Waals surface area contributed by atoms with Crippen LogP contribution in [0.25, 0.3) is 0 Å². The van der Waals surface area contributed by atoms with Crippen LogP contribution in [0.1, 0.15) is 25.3 Å². The van der Waals surface area contributed by atoms with Crippen molar-refractivity contribution in [1.82, 2.24) is 4.90 Å². The van der Waals surface area contributed by atoms with Gasteiger partial charge in [0.25, 0.3) is 0 Å². The third-order valence-corrected chi connectivity index (χ3v) is 3.52. The van der Waals surface area contributed by atoms with Crippen LogP contribution in [0.2, 0.25) is 0 Å². The fourth-order valence-electron chi connectivity index (χ4n) is 2.12. The number of benzene rings is 1. The van der Waals surface area contributed by atoms with Gasteiger partial charge in [-0.15, -0.1) is 0 Å². The van der Waals surface area contributed by atoms with E-state index in [0.717, 1.165) is 25.2 Å². The van der Waals surface area contributed by atoms with Crippen LogP contribution in [0, 0.1) is 5.92 Å². The summed E-state index contributed by atoms with van der Waals surface area (Å²) in [6.45, 7) is 3.97. The first-order chi connectivity index (χ1) is 9.88. The van der Waals surface area contributed by atoms with Gasteiger partial charge in [-0.2, -0.15) is 13.2 Å². The Morgan fingerprint density at radius 3 is 2.38 bits per heavy atom. The molecule has 6 heteroatoms. The minimum atomic E-state index is -4.36. The molecule has 0 atom stereocenters. The Kier molecular flexibility index (Phi) is 4.88. The normalized spacial score (nSPS) is 15.3. The number of carbonyl (C=O) groups excluding carboxylic acids is 1. The lowest BCUT2D eigenvalue weighted by Gasteiger charge is -2.19. The SMILES string of the molecule is CCN(CC(=O)Nc1ccc(C(F)(F)F)cc1)CC1CC1. The molecule has 1 aromatic carbocycles. The van der Waals surface area contributed by atoms with Gasteiger partial charge in [-0.1, -0.05) is 6.92 Å². The van der Waals surface area contributed by atoms with Crippen LogP contribution in [0.5, 0.6) is 0 Å². The number of hydrogen-bond acceptors (Lipinski definition) is 2. The number of nitrogens with zero attached hydrogens (tertiary/aromatic N) is 1. The number of amides is 1. The van der Waals surface area contributed by atoms with Crippen LogP contribution in [0.3, 0.4) is 0 Å². The van der Waals surface area contributed by atoms with Gasteiger partial charge in [0.1, 0.15) is 0 Å². The first-order valence-electron chi connectivity index (χ1n) is 7.08. The van der Waals surface area contributed by atoms with Gasteiger partial charge >= 0.3 is 6.18 Å². The zero-order valence-corrected chi connectivity index (χ0v) is 11.9. The molecule has 0 radical (unpaired) electrons. The maximum atomic E-state index is 12.4. The van der Waals surface area contributed by atoms with Crippen molar-refractivity contribution in [3.05, 3.63) is 29.8 Å². The summed E-state index contributed by atoms with van der Waals surface area (Å²) in [5, 5.41) is 2.63.